The van der Waals surface area contributed by atoms with Crippen molar-refractivity contribution in [2.45, 2.75) is 45.4 Å². The smallest absolute Gasteiger partial charge is 0.407 e. The van der Waals surface area contributed by atoms with E-state index in [0.29, 0.717) is 49.9 Å². The number of methoxy groups -OCH3 is 2. The molecule has 3 atom stereocenters. The molecule has 0 aromatic heterocycles. The van der Waals surface area contributed by atoms with Gasteiger partial charge in [0.05, 0.1) is 19.8 Å². The lowest BCUT2D eigenvalue weighted by molar-refractivity contribution is 0.0516. The second kappa shape index (κ2) is 14.6. The zero-order valence-electron chi connectivity index (χ0n) is 23.1. The Balaban J connectivity index is 1.65. The minimum Gasteiger partial charge on any atom is -0.493 e. The Morgan fingerprint density at radius 2 is 1.79 bits per heavy atom. The molecular weight excluding hydrogens is 486 g/mol. The van der Waals surface area contributed by atoms with Gasteiger partial charge in [-0.25, -0.2) is 4.79 Å². The molecule has 2 aromatic carbocycles. The topological polar surface area (TPSA) is 98.4 Å². The molecule has 9 nitrogen and oxygen atoms in total. The van der Waals surface area contributed by atoms with Crippen LogP contribution in [-0.4, -0.2) is 76.1 Å². The van der Waals surface area contributed by atoms with Gasteiger partial charge in [-0.05, 0) is 44.5 Å². The van der Waals surface area contributed by atoms with Crippen molar-refractivity contribution in [2.24, 2.45) is 5.92 Å². The van der Waals surface area contributed by atoms with E-state index in [-0.39, 0.29) is 30.0 Å². The van der Waals surface area contributed by atoms with Crippen LogP contribution < -0.4 is 20.1 Å². The molecule has 2 N–H and O–H groups in total. The van der Waals surface area contributed by atoms with Crippen molar-refractivity contribution in [1.82, 2.24) is 15.5 Å². The van der Waals surface area contributed by atoms with Crippen LogP contribution in [0.2, 0.25) is 0 Å². The summed E-state index contributed by atoms with van der Waals surface area (Å²) < 4.78 is 22.2. The van der Waals surface area contributed by atoms with Crippen LogP contribution in [0.3, 0.4) is 0 Å². The highest BCUT2D eigenvalue weighted by Gasteiger charge is 2.34. The van der Waals surface area contributed by atoms with Gasteiger partial charge in [-0.2, -0.15) is 0 Å². The lowest BCUT2D eigenvalue weighted by atomic mass is 10.0. The average Bonchev–Trinajstić information content (AvgIpc) is 3.35. The van der Waals surface area contributed by atoms with Gasteiger partial charge < -0.3 is 34.5 Å². The van der Waals surface area contributed by atoms with Gasteiger partial charge in [-0.1, -0.05) is 30.3 Å². The molecule has 3 rings (SSSR count). The number of ether oxygens (including phenoxy) is 4. The van der Waals surface area contributed by atoms with Crippen molar-refractivity contribution in [3.05, 3.63) is 59.7 Å². The SMILES string of the molecule is COCCCOc1cc(C(=O)N(C[C@@H]2CNCC2OC(=O)N[C@@H](C)c2ccccc2)C(C)C)ccc1OC. The number of rotatable bonds is 13. The van der Waals surface area contributed by atoms with Gasteiger partial charge in [0.1, 0.15) is 6.10 Å². The van der Waals surface area contributed by atoms with Gasteiger partial charge >= 0.3 is 6.09 Å². The monoisotopic (exact) mass is 527 g/mol. The Labute approximate surface area is 225 Å². The maximum Gasteiger partial charge on any atom is 0.407 e. The number of benzene rings is 2. The second-order valence-electron chi connectivity index (χ2n) is 9.75. The summed E-state index contributed by atoms with van der Waals surface area (Å²) in [5, 5.41) is 6.21. The van der Waals surface area contributed by atoms with E-state index in [1.54, 1.807) is 32.4 Å². The van der Waals surface area contributed by atoms with E-state index in [9.17, 15) is 9.59 Å². The van der Waals surface area contributed by atoms with Crippen molar-refractivity contribution in [3.63, 3.8) is 0 Å². The van der Waals surface area contributed by atoms with Crippen LogP contribution in [0.25, 0.3) is 0 Å². The van der Waals surface area contributed by atoms with Crippen LogP contribution in [0.15, 0.2) is 48.5 Å². The minimum absolute atomic E-state index is 0.0397. The van der Waals surface area contributed by atoms with E-state index >= 15 is 0 Å². The van der Waals surface area contributed by atoms with Crippen LogP contribution >= 0.6 is 0 Å². The van der Waals surface area contributed by atoms with Crippen molar-refractivity contribution in [2.75, 3.05) is 47.1 Å². The Kier molecular flexibility index (Phi) is 11.2. The molecule has 208 valence electrons. The summed E-state index contributed by atoms with van der Waals surface area (Å²) in [4.78, 5) is 28.1. The molecule has 2 amide bonds. The first-order valence-corrected chi connectivity index (χ1v) is 13.2. The van der Waals surface area contributed by atoms with Crippen molar-refractivity contribution in [3.8, 4) is 11.5 Å². The highest BCUT2D eigenvalue weighted by molar-refractivity contribution is 5.95. The zero-order chi connectivity index (χ0) is 27.5. The Morgan fingerprint density at radius 3 is 2.47 bits per heavy atom. The molecule has 9 heteroatoms. The first kappa shape index (κ1) is 29.3. The van der Waals surface area contributed by atoms with Crippen molar-refractivity contribution >= 4 is 12.0 Å². The summed E-state index contributed by atoms with van der Waals surface area (Å²) in [6, 6.07) is 14.7. The highest BCUT2D eigenvalue weighted by Crippen LogP contribution is 2.29. The number of amides is 2. The summed E-state index contributed by atoms with van der Waals surface area (Å²) in [5.41, 5.74) is 1.52. The molecule has 1 unspecified atom stereocenters. The summed E-state index contributed by atoms with van der Waals surface area (Å²) in [6.45, 7) is 8.57. The standard InChI is InChI=1S/C29H41N3O6/c1-20(2)32(28(33)23-12-13-25(36-5)26(16-23)37-15-9-14-35-4)19-24-17-30-18-27(24)38-29(34)31-21(3)22-10-7-6-8-11-22/h6-8,10-13,16,20-21,24,27,30H,9,14-15,17-19H2,1-5H3,(H,31,34)/t21-,24-,27?/m0/s1. The largest absolute Gasteiger partial charge is 0.493 e. The molecule has 0 radical (unpaired) electrons. The summed E-state index contributed by atoms with van der Waals surface area (Å²) in [5.74, 6) is 0.935. The summed E-state index contributed by atoms with van der Waals surface area (Å²) >= 11 is 0. The van der Waals surface area contributed by atoms with Crippen LogP contribution in [0, 0.1) is 5.92 Å². The third kappa shape index (κ3) is 8.10. The van der Waals surface area contributed by atoms with E-state index in [1.807, 2.05) is 56.0 Å². The molecule has 38 heavy (non-hydrogen) atoms. The van der Waals surface area contributed by atoms with Crippen molar-refractivity contribution in [1.29, 1.82) is 0 Å². The third-order valence-electron chi connectivity index (χ3n) is 6.65. The lowest BCUT2D eigenvalue weighted by Crippen LogP contribution is -2.44. The summed E-state index contributed by atoms with van der Waals surface area (Å²) in [7, 11) is 3.22. The highest BCUT2D eigenvalue weighted by atomic mass is 16.6. The number of nitrogens with zero attached hydrogens (tertiary/aromatic N) is 1. The van der Waals surface area contributed by atoms with E-state index < -0.39 is 6.09 Å². The number of carbonyl (C=O) groups excluding carboxylic acids is 2. The molecule has 0 saturated carbocycles. The summed E-state index contributed by atoms with van der Waals surface area (Å²) in [6.07, 6.45) is -0.0838. The Hall–Kier alpha value is -3.30. The fourth-order valence-corrected chi connectivity index (χ4v) is 4.46. The fourth-order valence-electron chi connectivity index (χ4n) is 4.46. The maximum atomic E-state index is 13.6. The van der Waals surface area contributed by atoms with Crippen molar-refractivity contribution < 1.29 is 28.5 Å². The molecule has 0 aliphatic carbocycles. The van der Waals surface area contributed by atoms with E-state index in [1.165, 1.54) is 0 Å². The fraction of sp³-hybridized carbons (Fsp3) is 0.517. The van der Waals surface area contributed by atoms with Gasteiger partial charge in [0.25, 0.3) is 5.91 Å². The van der Waals surface area contributed by atoms with Crippen LogP contribution in [0.1, 0.15) is 49.2 Å². The van der Waals surface area contributed by atoms with Gasteiger partial charge in [-0.3, -0.25) is 4.79 Å². The molecule has 1 aliphatic heterocycles. The molecule has 1 heterocycles. The first-order valence-electron chi connectivity index (χ1n) is 13.2. The minimum atomic E-state index is -0.465. The van der Waals surface area contributed by atoms with Crippen LogP contribution in [-0.2, 0) is 9.47 Å². The predicted octanol–water partition coefficient (Wildman–Crippen LogP) is 4.04. The average molecular weight is 528 g/mol. The lowest BCUT2D eigenvalue weighted by Gasteiger charge is -2.31. The molecule has 1 fully saturated rings. The van der Waals surface area contributed by atoms with Gasteiger partial charge in [0.15, 0.2) is 11.5 Å². The molecule has 1 saturated heterocycles. The van der Waals surface area contributed by atoms with E-state index in [2.05, 4.69) is 10.6 Å². The third-order valence-corrected chi connectivity index (χ3v) is 6.65. The first-order chi connectivity index (χ1) is 18.3. The molecule has 0 spiro atoms. The molecule has 1 aliphatic rings. The van der Waals surface area contributed by atoms with Gasteiger partial charge in [-0.15, -0.1) is 0 Å². The quantitative estimate of drug-likeness (QED) is 0.380. The number of carbonyl (C=O) groups is 2. The number of hydrogen-bond donors (Lipinski definition) is 2. The maximum absolute atomic E-state index is 13.6. The van der Waals surface area contributed by atoms with Gasteiger partial charge in [0, 0.05) is 57.3 Å². The molecule has 0 bridgehead atoms. The molecular formula is C29H41N3O6. The number of alkyl carbamates (subject to hydrolysis) is 1. The molecule has 2 aromatic rings. The predicted molar refractivity (Wildman–Crippen MR) is 146 cm³/mol. The van der Waals surface area contributed by atoms with Crippen LogP contribution in [0.4, 0.5) is 4.79 Å². The Morgan fingerprint density at radius 1 is 1.03 bits per heavy atom. The van der Waals surface area contributed by atoms with Crippen LogP contribution in [0.5, 0.6) is 11.5 Å². The number of nitrogens with one attached hydrogen (secondary N) is 2. The van der Waals surface area contributed by atoms with Gasteiger partial charge in [0.2, 0.25) is 0 Å². The van der Waals surface area contributed by atoms with E-state index in [4.69, 9.17) is 18.9 Å². The van der Waals surface area contributed by atoms with E-state index in [0.717, 1.165) is 12.0 Å². The second-order valence-corrected chi connectivity index (χ2v) is 9.75. The zero-order valence-corrected chi connectivity index (χ0v) is 23.1. The number of hydrogen-bond acceptors (Lipinski definition) is 7. The normalized spacial score (nSPS) is 17.6. The Bertz CT molecular complexity index is 1030.